The van der Waals surface area contributed by atoms with E-state index in [9.17, 15) is 0 Å². The van der Waals surface area contributed by atoms with Crippen LogP contribution in [-0.4, -0.2) is 15.2 Å². The second-order valence-electron chi connectivity index (χ2n) is 5.67. The summed E-state index contributed by atoms with van der Waals surface area (Å²) in [4.78, 5) is 0. The molecule has 0 amide bonds. The van der Waals surface area contributed by atoms with Gasteiger partial charge in [-0.1, -0.05) is 25.6 Å². The van der Waals surface area contributed by atoms with Crippen LogP contribution >= 0.6 is 31.9 Å². The Morgan fingerprint density at radius 2 is 1.55 bits per heavy atom. The summed E-state index contributed by atoms with van der Waals surface area (Å²) in [6, 6.07) is 8.31. The lowest BCUT2D eigenvalue weighted by molar-refractivity contribution is 0.413. The first-order valence-corrected chi connectivity index (χ1v) is 11.4. The minimum atomic E-state index is -1.37. The normalized spacial score (nSPS) is 11.1. The van der Waals surface area contributed by atoms with Gasteiger partial charge in [-0.2, -0.15) is 0 Å². The van der Waals surface area contributed by atoms with Crippen LogP contribution in [0.4, 0.5) is 0 Å². The van der Waals surface area contributed by atoms with Gasteiger partial charge in [-0.3, -0.25) is 0 Å². The first kappa shape index (κ1) is 15.6. The third-order valence-corrected chi connectivity index (χ3v) is 4.92. The van der Waals surface area contributed by atoms with Crippen molar-refractivity contribution in [2.45, 2.75) is 19.6 Å². The molecule has 0 aromatic heterocycles. The van der Waals surface area contributed by atoms with Crippen LogP contribution in [0, 0.1) is 11.5 Å². The van der Waals surface area contributed by atoms with Crippen molar-refractivity contribution in [1.82, 2.24) is 0 Å². The van der Waals surface area contributed by atoms with Crippen molar-refractivity contribution in [1.29, 1.82) is 0 Å². The minimum Gasteiger partial charge on any atom is -0.496 e. The number of fused-ring (bicyclic) bond motifs is 1. The Balaban J connectivity index is 2.60. The monoisotopic (exact) mass is 410 g/mol. The van der Waals surface area contributed by atoms with Crippen LogP contribution in [0.5, 0.6) is 5.75 Å². The Bertz CT molecular complexity index is 721. The van der Waals surface area contributed by atoms with Gasteiger partial charge in [-0.25, -0.2) is 0 Å². The molecule has 2 rings (SSSR count). The van der Waals surface area contributed by atoms with Crippen LogP contribution in [0.3, 0.4) is 0 Å². The zero-order chi connectivity index (χ0) is 14.9. The predicted molar refractivity (Wildman–Crippen MR) is 96.1 cm³/mol. The standard InChI is InChI=1S/C16H16Br2OSi/c1-19-16-10-12-7-11(5-6-20(2,3)4)14(17)8-13(12)9-15(16)18/h7-10H,1-4H3. The number of ether oxygens (including phenoxy) is 1. The van der Waals surface area contributed by atoms with Gasteiger partial charge < -0.3 is 4.74 Å². The van der Waals surface area contributed by atoms with E-state index in [-0.39, 0.29) is 0 Å². The van der Waals surface area contributed by atoms with Crippen LogP contribution in [0.1, 0.15) is 5.56 Å². The lowest BCUT2D eigenvalue weighted by Crippen LogP contribution is -2.16. The number of halogens is 2. The van der Waals surface area contributed by atoms with Gasteiger partial charge in [0.2, 0.25) is 0 Å². The summed E-state index contributed by atoms with van der Waals surface area (Å²) < 4.78 is 7.34. The fourth-order valence-corrected chi connectivity index (χ4v) is 3.27. The molecular formula is C16H16Br2OSi. The molecule has 0 saturated carbocycles. The first-order chi connectivity index (χ1) is 9.30. The summed E-state index contributed by atoms with van der Waals surface area (Å²) in [5, 5.41) is 2.29. The highest BCUT2D eigenvalue weighted by Gasteiger charge is 2.09. The summed E-state index contributed by atoms with van der Waals surface area (Å²) in [7, 11) is 0.306. The fourth-order valence-electron chi connectivity index (χ4n) is 1.78. The molecule has 0 fully saturated rings. The zero-order valence-electron chi connectivity index (χ0n) is 12.0. The van der Waals surface area contributed by atoms with E-state index in [1.807, 2.05) is 6.07 Å². The van der Waals surface area contributed by atoms with Crippen molar-refractivity contribution >= 4 is 50.7 Å². The molecule has 2 aromatic carbocycles. The lowest BCUT2D eigenvalue weighted by Gasteiger charge is -2.08. The second-order valence-corrected chi connectivity index (χ2v) is 12.1. The molecule has 0 aliphatic carbocycles. The van der Waals surface area contributed by atoms with Crippen molar-refractivity contribution in [3.8, 4) is 17.2 Å². The highest BCUT2D eigenvalue weighted by molar-refractivity contribution is 9.10. The molecule has 0 radical (unpaired) electrons. The molecule has 104 valence electrons. The second kappa shape index (κ2) is 5.93. The van der Waals surface area contributed by atoms with Gasteiger partial charge in [-0.15, -0.1) is 5.54 Å². The highest BCUT2D eigenvalue weighted by Crippen LogP contribution is 2.33. The molecule has 0 N–H and O–H groups in total. The van der Waals surface area contributed by atoms with E-state index in [1.165, 1.54) is 0 Å². The van der Waals surface area contributed by atoms with Gasteiger partial charge in [0.25, 0.3) is 0 Å². The number of hydrogen-bond donors (Lipinski definition) is 0. The highest BCUT2D eigenvalue weighted by atomic mass is 79.9. The molecule has 2 aromatic rings. The third-order valence-electron chi connectivity index (χ3n) is 2.77. The molecule has 1 nitrogen and oxygen atoms in total. The summed E-state index contributed by atoms with van der Waals surface area (Å²) >= 11 is 7.13. The number of benzene rings is 2. The maximum absolute atomic E-state index is 5.35. The van der Waals surface area contributed by atoms with Gasteiger partial charge in [0, 0.05) is 10.0 Å². The minimum absolute atomic E-state index is 0.837. The van der Waals surface area contributed by atoms with Crippen molar-refractivity contribution in [3.05, 3.63) is 38.8 Å². The number of methoxy groups -OCH3 is 1. The van der Waals surface area contributed by atoms with Crippen molar-refractivity contribution in [2.75, 3.05) is 7.11 Å². The Morgan fingerprint density at radius 1 is 0.950 bits per heavy atom. The number of rotatable bonds is 1. The molecular weight excluding hydrogens is 396 g/mol. The molecule has 0 spiro atoms. The molecule has 20 heavy (non-hydrogen) atoms. The average molecular weight is 412 g/mol. The average Bonchev–Trinajstić information content (AvgIpc) is 2.35. The van der Waals surface area contributed by atoms with E-state index in [0.717, 1.165) is 31.0 Å². The van der Waals surface area contributed by atoms with E-state index >= 15 is 0 Å². The van der Waals surface area contributed by atoms with Crippen LogP contribution in [0.15, 0.2) is 33.2 Å². The van der Waals surface area contributed by atoms with Crippen LogP contribution in [-0.2, 0) is 0 Å². The van der Waals surface area contributed by atoms with E-state index in [4.69, 9.17) is 4.74 Å². The quantitative estimate of drug-likeness (QED) is 0.438. The Morgan fingerprint density at radius 3 is 2.15 bits per heavy atom. The first-order valence-electron chi connectivity index (χ1n) is 6.30. The smallest absolute Gasteiger partial charge is 0.133 e. The summed E-state index contributed by atoms with van der Waals surface area (Å²) in [6.45, 7) is 6.74. The molecule has 0 saturated heterocycles. The summed E-state index contributed by atoms with van der Waals surface area (Å²) in [6.07, 6.45) is 0. The Labute approximate surface area is 138 Å². The van der Waals surface area contributed by atoms with Crippen molar-refractivity contribution < 1.29 is 4.74 Å². The SMILES string of the molecule is COc1cc2cc(C#C[Si](C)(C)C)c(Br)cc2cc1Br. The predicted octanol–water partition coefficient (Wildman–Crippen LogP) is 5.60. The Hall–Kier alpha value is -0.763. The number of hydrogen-bond acceptors (Lipinski definition) is 1. The van der Waals surface area contributed by atoms with Gasteiger partial charge >= 0.3 is 0 Å². The summed E-state index contributed by atoms with van der Waals surface area (Å²) in [5.41, 5.74) is 4.43. The molecule has 0 aliphatic heterocycles. The van der Waals surface area contributed by atoms with Crippen molar-refractivity contribution in [2.24, 2.45) is 0 Å². The lowest BCUT2D eigenvalue weighted by atomic mass is 10.1. The van der Waals surface area contributed by atoms with E-state index < -0.39 is 8.07 Å². The molecule has 0 unspecified atom stereocenters. The molecule has 0 aliphatic rings. The van der Waals surface area contributed by atoms with E-state index in [1.54, 1.807) is 7.11 Å². The topological polar surface area (TPSA) is 9.23 Å². The van der Waals surface area contributed by atoms with Gasteiger partial charge in [0.1, 0.15) is 13.8 Å². The van der Waals surface area contributed by atoms with Crippen LogP contribution < -0.4 is 4.74 Å². The van der Waals surface area contributed by atoms with Crippen molar-refractivity contribution in [3.63, 3.8) is 0 Å². The Kier molecular flexibility index (Phi) is 4.63. The maximum atomic E-state index is 5.35. The largest absolute Gasteiger partial charge is 0.496 e. The molecule has 0 bridgehead atoms. The van der Waals surface area contributed by atoms with Gasteiger partial charge in [-0.05, 0) is 66.9 Å². The van der Waals surface area contributed by atoms with E-state index in [0.29, 0.717) is 0 Å². The summed E-state index contributed by atoms with van der Waals surface area (Å²) in [5.74, 6) is 4.15. The van der Waals surface area contributed by atoms with Gasteiger partial charge in [0.15, 0.2) is 0 Å². The van der Waals surface area contributed by atoms with Crippen LogP contribution in [0.2, 0.25) is 19.6 Å². The maximum Gasteiger partial charge on any atom is 0.133 e. The molecule has 0 atom stereocenters. The zero-order valence-corrected chi connectivity index (χ0v) is 16.1. The van der Waals surface area contributed by atoms with Crippen LogP contribution in [0.25, 0.3) is 10.8 Å². The third kappa shape index (κ3) is 3.66. The fraction of sp³-hybridized carbons (Fsp3) is 0.250. The van der Waals surface area contributed by atoms with Gasteiger partial charge in [0.05, 0.1) is 11.6 Å². The van der Waals surface area contributed by atoms with E-state index in [2.05, 4.69) is 81.2 Å². The molecule has 0 heterocycles. The molecule has 4 heteroatoms.